The fourth-order valence-electron chi connectivity index (χ4n) is 1.95. The zero-order valence-corrected chi connectivity index (χ0v) is 12.6. The molecule has 1 saturated heterocycles. The van der Waals surface area contributed by atoms with E-state index in [0.717, 1.165) is 0 Å². The predicted octanol–water partition coefficient (Wildman–Crippen LogP) is -0.214. The molecule has 1 rings (SSSR count). The maximum atomic E-state index is 11.9. The van der Waals surface area contributed by atoms with Crippen LogP contribution in [0.5, 0.6) is 0 Å². The van der Waals surface area contributed by atoms with Crippen molar-refractivity contribution in [1.29, 1.82) is 0 Å². The summed E-state index contributed by atoms with van der Waals surface area (Å²) in [4.78, 5) is 35.6. The Kier molecular flexibility index (Phi) is 5.95. The number of carbonyl (C=O) groups excluding carboxylic acids is 2. The Morgan fingerprint density at radius 3 is 2.57 bits per heavy atom. The number of aliphatic carboxylic acids is 1. The molecular weight excluding hydrogens is 278 g/mol. The van der Waals surface area contributed by atoms with Crippen LogP contribution >= 0.6 is 0 Å². The standard InChI is InChI=1S/C13H23N3O5/c1-13(2,3)15-10(17)7-14-12(20)16-4-5-21-9(8-16)6-11(18)19/h9H,4-8H2,1-3H3,(H,14,20)(H,15,17)(H,18,19). The van der Waals surface area contributed by atoms with Crippen molar-refractivity contribution in [2.45, 2.75) is 38.8 Å². The van der Waals surface area contributed by atoms with Gasteiger partial charge in [0.1, 0.15) is 0 Å². The molecule has 1 heterocycles. The van der Waals surface area contributed by atoms with Crippen molar-refractivity contribution in [2.24, 2.45) is 0 Å². The molecule has 21 heavy (non-hydrogen) atoms. The second kappa shape index (κ2) is 7.26. The number of carboxylic acids is 1. The largest absolute Gasteiger partial charge is 0.481 e. The van der Waals surface area contributed by atoms with Gasteiger partial charge in [0.05, 0.1) is 25.7 Å². The molecule has 0 saturated carbocycles. The zero-order chi connectivity index (χ0) is 16.0. The summed E-state index contributed by atoms with van der Waals surface area (Å²) in [6, 6.07) is -0.391. The van der Waals surface area contributed by atoms with E-state index in [1.165, 1.54) is 4.90 Å². The zero-order valence-electron chi connectivity index (χ0n) is 12.6. The molecule has 1 fully saturated rings. The number of morpholine rings is 1. The molecule has 0 spiro atoms. The smallest absolute Gasteiger partial charge is 0.318 e. The Bertz CT molecular complexity index is 405. The van der Waals surface area contributed by atoms with Crippen LogP contribution in [0.3, 0.4) is 0 Å². The second-order valence-corrected chi connectivity index (χ2v) is 5.99. The van der Waals surface area contributed by atoms with Crippen LogP contribution in [-0.4, -0.2) is 65.8 Å². The first kappa shape index (κ1) is 17.2. The molecule has 1 unspecified atom stereocenters. The maximum Gasteiger partial charge on any atom is 0.318 e. The third-order valence-corrected chi connectivity index (χ3v) is 2.74. The molecule has 0 aromatic carbocycles. The molecule has 0 aromatic heterocycles. The number of urea groups is 1. The highest BCUT2D eigenvalue weighted by molar-refractivity contribution is 5.84. The van der Waals surface area contributed by atoms with Crippen molar-refractivity contribution in [3.63, 3.8) is 0 Å². The second-order valence-electron chi connectivity index (χ2n) is 5.99. The number of rotatable bonds is 4. The number of nitrogens with one attached hydrogen (secondary N) is 2. The number of amides is 3. The minimum absolute atomic E-state index is 0.114. The van der Waals surface area contributed by atoms with Crippen molar-refractivity contribution in [1.82, 2.24) is 15.5 Å². The first-order valence-electron chi connectivity index (χ1n) is 6.84. The van der Waals surface area contributed by atoms with Crippen LogP contribution in [0.1, 0.15) is 27.2 Å². The molecule has 3 N–H and O–H groups in total. The van der Waals surface area contributed by atoms with Crippen LogP contribution in [0.2, 0.25) is 0 Å². The summed E-state index contributed by atoms with van der Waals surface area (Å²) in [6.07, 6.45) is -0.653. The number of hydrogen-bond donors (Lipinski definition) is 3. The number of nitrogens with zero attached hydrogens (tertiary/aromatic N) is 1. The van der Waals surface area contributed by atoms with E-state index in [9.17, 15) is 14.4 Å². The van der Waals surface area contributed by atoms with Crippen molar-refractivity contribution in [3.05, 3.63) is 0 Å². The summed E-state index contributed by atoms with van der Waals surface area (Å²) < 4.78 is 5.28. The molecule has 0 radical (unpaired) electrons. The lowest BCUT2D eigenvalue weighted by Crippen LogP contribution is -2.52. The Morgan fingerprint density at radius 2 is 2.00 bits per heavy atom. The fourth-order valence-corrected chi connectivity index (χ4v) is 1.95. The van der Waals surface area contributed by atoms with Gasteiger partial charge in [0.2, 0.25) is 5.91 Å². The minimum atomic E-state index is -0.966. The van der Waals surface area contributed by atoms with E-state index in [1.807, 2.05) is 20.8 Å². The molecule has 1 atom stereocenters. The first-order valence-corrected chi connectivity index (χ1v) is 6.84. The number of hydrogen-bond acceptors (Lipinski definition) is 4. The average molecular weight is 301 g/mol. The van der Waals surface area contributed by atoms with Crippen molar-refractivity contribution >= 4 is 17.9 Å². The number of ether oxygens (including phenoxy) is 1. The molecule has 0 aromatic rings. The summed E-state index contributed by atoms with van der Waals surface area (Å²) in [5, 5.41) is 14.0. The Balaban J connectivity index is 2.37. The van der Waals surface area contributed by atoms with Crippen LogP contribution in [-0.2, 0) is 14.3 Å². The van der Waals surface area contributed by atoms with E-state index >= 15 is 0 Å². The molecule has 1 aliphatic heterocycles. The van der Waals surface area contributed by atoms with Crippen molar-refractivity contribution in [3.8, 4) is 0 Å². The van der Waals surface area contributed by atoms with Gasteiger partial charge in [-0.15, -0.1) is 0 Å². The Hall–Kier alpha value is -1.83. The highest BCUT2D eigenvalue weighted by Gasteiger charge is 2.26. The summed E-state index contributed by atoms with van der Waals surface area (Å²) in [5.41, 5.74) is -0.354. The molecule has 0 bridgehead atoms. The average Bonchev–Trinajstić information content (AvgIpc) is 2.33. The Morgan fingerprint density at radius 1 is 1.33 bits per heavy atom. The summed E-state index contributed by atoms with van der Waals surface area (Å²) in [6.45, 7) is 6.32. The monoisotopic (exact) mass is 301 g/mol. The van der Waals surface area contributed by atoms with Crippen LogP contribution in [0.15, 0.2) is 0 Å². The van der Waals surface area contributed by atoms with E-state index in [2.05, 4.69) is 10.6 Å². The lowest BCUT2D eigenvalue weighted by atomic mass is 10.1. The van der Waals surface area contributed by atoms with E-state index in [-0.39, 0.29) is 31.0 Å². The van der Waals surface area contributed by atoms with Gasteiger partial charge in [-0.25, -0.2) is 4.79 Å². The number of carboxylic acid groups (broad SMARTS) is 1. The summed E-state index contributed by atoms with van der Waals surface area (Å²) in [5.74, 6) is -1.24. The van der Waals surface area contributed by atoms with Gasteiger partial charge in [-0.2, -0.15) is 0 Å². The van der Waals surface area contributed by atoms with Gasteiger partial charge in [0, 0.05) is 18.6 Å². The molecule has 8 nitrogen and oxygen atoms in total. The maximum absolute atomic E-state index is 11.9. The van der Waals surface area contributed by atoms with Gasteiger partial charge < -0.3 is 25.4 Å². The minimum Gasteiger partial charge on any atom is -0.481 e. The topological polar surface area (TPSA) is 108 Å². The fraction of sp³-hybridized carbons (Fsp3) is 0.769. The quantitative estimate of drug-likeness (QED) is 0.665. The summed E-state index contributed by atoms with van der Waals surface area (Å²) in [7, 11) is 0. The predicted molar refractivity (Wildman–Crippen MR) is 74.9 cm³/mol. The Labute approximate surface area is 123 Å². The van der Waals surface area contributed by atoms with Gasteiger partial charge in [-0.1, -0.05) is 0 Å². The third-order valence-electron chi connectivity index (χ3n) is 2.74. The molecule has 1 aliphatic rings. The van der Waals surface area contributed by atoms with Crippen LogP contribution in [0, 0.1) is 0 Å². The van der Waals surface area contributed by atoms with Gasteiger partial charge in [-0.05, 0) is 20.8 Å². The lowest BCUT2D eigenvalue weighted by Gasteiger charge is -2.32. The summed E-state index contributed by atoms with van der Waals surface area (Å²) >= 11 is 0. The van der Waals surface area contributed by atoms with Crippen LogP contribution in [0.25, 0.3) is 0 Å². The normalized spacial score (nSPS) is 19.0. The highest BCUT2D eigenvalue weighted by atomic mass is 16.5. The van der Waals surface area contributed by atoms with E-state index in [0.29, 0.717) is 13.2 Å². The molecule has 120 valence electrons. The van der Waals surface area contributed by atoms with Crippen molar-refractivity contribution in [2.75, 3.05) is 26.2 Å². The van der Waals surface area contributed by atoms with Gasteiger partial charge in [0.25, 0.3) is 0 Å². The van der Waals surface area contributed by atoms with E-state index in [4.69, 9.17) is 9.84 Å². The van der Waals surface area contributed by atoms with Gasteiger partial charge >= 0.3 is 12.0 Å². The van der Waals surface area contributed by atoms with Crippen molar-refractivity contribution < 1.29 is 24.2 Å². The molecule has 3 amide bonds. The van der Waals surface area contributed by atoms with E-state index in [1.54, 1.807) is 0 Å². The first-order chi connectivity index (χ1) is 9.67. The third kappa shape index (κ3) is 6.94. The number of carbonyl (C=O) groups is 3. The molecule has 0 aliphatic carbocycles. The highest BCUT2D eigenvalue weighted by Crippen LogP contribution is 2.08. The van der Waals surface area contributed by atoms with Crippen LogP contribution < -0.4 is 10.6 Å². The van der Waals surface area contributed by atoms with Gasteiger partial charge in [-0.3, -0.25) is 9.59 Å². The van der Waals surface area contributed by atoms with Crippen LogP contribution in [0.4, 0.5) is 4.79 Å². The lowest BCUT2D eigenvalue weighted by molar-refractivity contribution is -0.141. The SMILES string of the molecule is CC(C)(C)NC(=O)CNC(=O)N1CCOC(CC(=O)O)C1. The molecular formula is C13H23N3O5. The van der Waals surface area contributed by atoms with Gasteiger partial charge in [0.15, 0.2) is 0 Å². The molecule has 8 heteroatoms. The van der Waals surface area contributed by atoms with E-state index < -0.39 is 18.1 Å².